The molecule has 0 fully saturated rings. The highest BCUT2D eigenvalue weighted by Crippen LogP contribution is 2.26. The molecule has 1 atom stereocenters. The Bertz CT molecular complexity index is 570. The Morgan fingerprint density at radius 3 is 2.79 bits per heavy atom. The van der Waals surface area contributed by atoms with Gasteiger partial charge in [0.2, 0.25) is 0 Å². The van der Waals surface area contributed by atoms with Crippen LogP contribution in [0.3, 0.4) is 0 Å². The van der Waals surface area contributed by atoms with E-state index in [1.807, 2.05) is 11.4 Å². The van der Waals surface area contributed by atoms with Crippen LogP contribution in [-0.4, -0.2) is 29.3 Å². The van der Waals surface area contributed by atoms with Gasteiger partial charge in [-0.3, -0.25) is 0 Å². The second-order valence-corrected chi connectivity index (χ2v) is 4.77. The van der Waals surface area contributed by atoms with E-state index < -0.39 is 12.3 Å². The van der Waals surface area contributed by atoms with Crippen LogP contribution in [-0.2, 0) is 11.3 Å². The summed E-state index contributed by atoms with van der Waals surface area (Å²) in [5.41, 5.74) is 0. The number of rotatable bonds is 4. The van der Waals surface area contributed by atoms with Gasteiger partial charge in [0.15, 0.2) is 11.9 Å². The normalized spacial score (nSPS) is 13.7. The third kappa shape index (κ3) is 3.13. The van der Waals surface area contributed by atoms with Crippen molar-refractivity contribution < 1.29 is 17.9 Å². The number of nitrogens with zero attached hydrogens (tertiary/aromatic N) is 2. The summed E-state index contributed by atoms with van der Waals surface area (Å²) >= 11 is 1.40. The molecule has 0 saturated heterocycles. The molecule has 0 radical (unpaired) electrons. The van der Waals surface area contributed by atoms with Gasteiger partial charge in [0, 0.05) is 7.05 Å². The van der Waals surface area contributed by atoms with E-state index in [9.17, 15) is 13.2 Å². The van der Waals surface area contributed by atoms with Crippen LogP contribution in [0, 0.1) is 0 Å². The Balaban J connectivity index is 2.17. The fourth-order valence-electron chi connectivity index (χ4n) is 1.45. The summed E-state index contributed by atoms with van der Waals surface area (Å²) in [6.45, 7) is 0.686. The van der Waals surface area contributed by atoms with Gasteiger partial charge in [0.25, 0.3) is 0 Å². The molecule has 4 nitrogen and oxygen atoms in total. The van der Waals surface area contributed by atoms with Gasteiger partial charge in [-0.1, -0.05) is 0 Å². The molecule has 104 valence electrons. The number of nitrogens with one attached hydrogen (secondary N) is 1. The lowest BCUT2D eigenvalue weighted by Crippen LogP contribution is -2.28. The van der Waals surface area contributed by atoms with Crippen molar-refractivity contribution in [1.29, 1.82) is 0 Å². The van der Waals surface area contributed by atoms with Crippen LogP contribution in [0.5, 0.6) is 0 Å². The van der Waals surface area contributed by atoms with Gasteiger partial charge < -0.3 is 10.1 Å². The highest BCUT2D eigenvalue weighted by molar-refractivity contribution is 7.16. The van der Waals surface area contributed by atoms with Crippen LogP contribution in [0.2, 0.25) is 0 Å². The zero-order chi connectivity index (χ0) is 14.0. The second kappa shape index (κ2) is 5.30. The Kier molecular flexibility index (Phi) is 3.91. The largest absolute Gasteiger partial charge is 0.414 e. The fourth-order valence-corrected chi connectivity index (χ4v) is 2.23. The molecule has 0 aromatic carbocycles. The van der Waals surface area contributed by atoms with Crippen LogP contribution in [0.1, 0.15) is 12.7 Å². The van der Waals surface area contributed by atoms with Crippen LogP contribution in [0.15, 0.2) is 11.4 Å². The average molecular weight is 291 g/mol. The Hall–Kier alpha value is -1.41. The Morgan fingerprint density at radius 2 is 2.16 bits per heavy atom. The number of halogens is 3. The Labute approximate surface area is 111 Å². The summed E-state index contributed by atoms with van der Waals surface area (Å²) < 4.78 is 41.7. The van der Waals surface area contributed by atoms with Gasteiger partial charge in [0.1, 0.15) is 17.3 Å². The molecule has 0 amide bonds. The Morgan fingerprint density at radius 1 is 1.42 bits per heavy atom. The molecule has 2 aromatic heterocycles. The third-order valence-electron chi connectivity index (χ3n) is 2.53. The molecule has 0 aliphatic carbocycles. The molecular formula is C11H12F3N3OS. The number of aromatic nitrogens is 2. The molecule has 19 heavy (non-hydrogen) atoms. The average Bonchev–Trinajstić information content (AvgIpc) is 2.81. The molecule has 0 aliphatic heterocycles. The molecule has 0 aliphatic rings. The lowest BCUT2D eigenvalue weighted by Gasteiger charge is -2.15. The number of alkyl halides is 3. The predicted molar refractivity (Wildman–Crippen MR) is 67.3 cm³/mol. The summed E-state index contributed by atoms with van der Waals surface area (Å²) in [7, 11) is 1.70. The molecule has 1 unspecified atom stereocenters. The maximum Gasteiger partial charge on any atom is 0.414 e. The fraction of sp³-hybridized carbons (Fsp3) is 0.455. The minimum Gasteiger partial charge on any atom is -0.372 e. The molecule has 0 spiro atoms. The van der Waals surface area contributed by atoms with E-state index in [0.717, 1.165) is 17.1 Å². The van der Waals surface area contributed by atoms with Crippen molar-refractivity contribution >= 4 is 27.4 Å². The number of hydrogen-bond acceptors (Lipinski definition) is 5. The summed E-state index contributed by atoms with van der Waals surface area (Å²) in [4.78, 5) is 9.03. The van der Waals surface area contributed by atoms with E-state index in [-0.39, 0.29) is 12.4 Å². The molecule has 0 saturated carbocycles. The van der Waals surface area contributed by atoms with Gasteiger partial charge in [0.05, 0.1) is 5.39 Å². The van der Waals surface area contributed by atoms with Crippen molar-refractivity contribution in [3.63, 3.8) is 0 Å². The van der Waals surface area contributed by atoms with Gasteiger partial charge in [-0.05, 0) is 18.4 Å². The van der Waals surface area contributed by atoms with Crippen LogP contribution < -0.4 is 5.32 Å². The molecular weight excluding hydrogens is 279 g/mol. The van der Waals surface area contributed by atoms with Crippen LogP contribution >= 0.6 is 11.3 Å². The molecule has 2 aromatic rings. The molecule has 0 bridgehead atoms. The molecule has 2 rings (SSSR count). The number of ether oxygens (including phenoxy) is 1. The summed E-state index contributed by atoms with van der Waals surface area (Å²) in [5.74, 6) is 0.819. The first-order valence-electron chi connectivity index (χ1n) is 5.52. The zero-order valence-corrected chi connectivity index (χ0v) is 11.1. The quantitative estimate of drug-likeness (QED) is 0.939. The van der Waals surface area contributed by atoms with E-state index in [2.05, 4.69) is 15.3 Å². The highest BCUT2D eigenvalue weighted by Gasteiger charge is 2.37. The van der Waals surface area contributed by atoms with Gasteiger partial charge >= 0.3 is 6.18 Å². The van der Waals surface area contributed by atoms with Crippen molar-refractivity contribution in [2.75, 3.05) is 12.4 Å². The van der Waals surface area contributed by atoms with E-state index in [0.29, 0.717) is 5.82 Å². The number of hydrogen-bond donors (Lipinski definition) is 1. The van der Waals surface area contributed by atoms with Crippen molar-refractivity contribution in [3.05, 3.63) is 17.3 Å². The summed E-state index contributed by atoms with van der Waals surface area (Å²) in [6.07, 6.45) is -6.22. The topological polar surface area (TPSA) is 47.0 Å². The first-order valence-corrected chi connectivity index (χ1v) is 6.40. The van der Waals surface area contributed by atoms with Crippen molar-refractivity contribution in [1.82, 2.24) is 9.97 Å². The van der Waals surface area contributed by atoms with Crippen LogP contribution in [0.4, 0.5) is 19.0 Å². The van der Waals surface area contributed by atoms with Crippen molar-refractivity contribution in [2.45, 2.75) is 25.8 Å². The van der Waals surface area contributed by atoms with Crippen molar-refractivity contribution in [3.8, 4) is 0 Å². The zero-order valence-electron chi connectivity index (χ0n) is 10.3. The monoisotopic (exact) mass is 291 g/mol. The SMILES string of the molecule is CNc1nc(COC(C)C(F)(F)F)nc2sccc12. The predicted octanol–water partition coefficient (Wildman–Crippen LogP) is 3.20. The smallest absolute Gasteiger partial charge is 0.372 e. The lowest BCUT2D eigenvalue weighted by atomic mass is 10.3. The van der Waals surface area contributed by atoms with Crippen LogP contribution in [0.25, 0.3) is 10.2 Å². The maximum atomic E-state index is 12.3. The maximum absolute atomic E-state index is 12.3. The number of thiophene rings is 1. The van der Waals surface area contributed by atoms with E-state index in [1.54, 1.807) is 7.05 Å². The van der Waals surface area contributed by atoms with E-state index in [4.69, 9.17) is 4.74 Å². The van der Waals surface area contributed by atoms with Gasteiger partial charge in [-0.2, -0.15) is 13.2 Å². The van der Waals surface area contributed by atoms with E-state index in [1.165, 1.54) is 11.3 Å². The van der Waals surface area contributed by atoms with E-state index >= 15 is 0 Å². The minimum atomic E-state index is -4.38. The first kappa shape index (κ1) is 14.0. The highest BCUT2D eigenvalue weighted by atomic mass is 32.1. The third-order valence-corrected chi connectivity index (χ3v) is 3.34. The van der Waals surface area contributed by atoms with Gasteiger partial charge in [-0.15, -0.1) is 11.3 Å². The number of anilines is 1. The second-order valence-electron chi connectivity index (χ2n) is 3.87. The molecule has 2 heterocycles. The summed E-state index contributed by atoms with van der Waals surface area (Å²) in [6, 6.07) is 1.86. The molecule has 1 N–H and O–H groups in total. The number of fused-ring (bicyclic) bond motifs is 1. The van der Waals surface area contributed by atoms with Gasteiger partial charge in [-0.25, -0.2) is 9.97 Å². The summed E-state index contributed by atoms with van der Waals surface area (Å²) in [5, 5.41) is 5.59. The first-order chi connectivity index (χ1) is 8.91. The molecule has 8 heteroatoms. The lowest BCUT2D eigenvalue weighted by molar-refractivity contribution is -0.217. The van der Waals surface area contributed by atoms with Crippen molar-refractivity contribution in [2.24, 2.45) is 0 Å². The standard InChI is InChI=1S/C11H12F3N3OS/c1-6(11(12,13)14)18-5-8-16-9(15-2)7-3-4-19-10(7)17-8/h3-4,6H,5H2,1-2H3,(H,15,16,17). The minimum absolute atomic E-state index is 0.232.